The predicted molar refractivity (Wildman–Crippen MR) is 103 cm³/mol. The van der Waals surface area contributed by atoms with Crippen molar-refractivity contribution in [3.63, 3.8) is 0 Å². The molecule has 0 radical (unpaired) electrons. The van der Waals surface area contributed by atoms with Gasteiger partial charge in [0.05, 0.1) is 11.9 Å². The summed E-state index contributed by atoms with van der Waals surface area (Å²) in [5.74, 6) is 0.271. The van der Waals surface area contributed by atoms with Gasteiger partial charge in [-0.05, 0) is 54.2 Å². The summed E-state index contributed by atoms with van der Waals surface area (Å²) in [6.45, 7) is 8.86. The second-order valence-corrected chi connectivity index (χ2v) is 6.97. The van der Waals surface area contributed by atoms with Gasteiger partial charge in [0.2, 0.25) is 0 Å². The van der Waals surface area contributed by atoms with Gasteiger partial charge in [-0.1, -0.05) is 49.4 Å². The third-order valence-corrected chi connectivity index (χ3v) is 4.30. The van der Waals surface area contributed by atoms with E-state index in [-0.39, 0.29) is 5.91 Å². The van der Waals surface area contributed by atoms with Gasteiger partial charge in [-0.15, -0.1) is 5.10 Å². The van der Waals surface area contributed by atoms with Crippen molar-refractivity contribution in [1.29, 1.82) is 0 Å². The molecular formula is C21H24N4O. The highest BCUT2D eigenvalue weighted by molar-refractivity contribution is 5.91. The molecule has 0 bridgehead atoms. The number of benzene rings is 2. The van der Waals surface area contributed by atoms with Gasteiger partial charge in [-0.25, -0.2) is 4.68 Å². The Morgan fingerprint density at radius 2 is 1.73 bits per heavy atom. The monoisotopic (exact) mass is 348 g/mol. The summed E-state index contributed by atoms with van der Waals surface area (Å²) in [7, 11) is 0. The summed E-state index contributed by atoms with van der Waals surface area (Å²) in [6.07, 6.45) is 1.66. The molecule has 0 atom stereocenters. The number of hydrogen-bond acceptors (Lipinski definition) is 3. The second kappa shape index (κ2) is 7.52. The van der Waals surface area contributed by atoms with Gasteiger partial charge in [0, 0.05) is 6.54 Å². The average Bonchev–Trinajstić information content (AvgIpc) is 3.09. The summed E-state index contributed by atoms with van der Waals surface area (Å²) in [5, 5.41) is 11.0. The van der Waals surface area contributed by atoms with Crippen LogP contribution in [-0.2, 0) is 6.54 Å². The predicted octanol–water partition coefficient (Wildman–Crippen LogP) is 3.94. The molecular weight excluding hydrogens is 324 g/mol. The van der Waals surface area contributed by atoms with Crippen LogP contribution in [0.2, 0.25) is 0 Å². The summed E-state index contributed by atoms with van der Waals surface area (Å²) < 4.78 is 1.63. The fraction of sp³-hybridized carbons (Fsp3) is 0.286. The van der Waals surface area contributed by atoms with Crippen LogP contribution in [0.15, 0.2) is 48.7 Å². The van der Waals surface area contributed by atoms with Crippen molar-refractivity contribution >= 4 is 5.91 Å². The lowest BCUT2D eigenvalue weighted by Gasteiger charge is -2.07. The van der Waals surface area contributed by atoms with E-state index in [0.717, 1.165) is 22.4 Å². The summed E-state index contributed by atoms with van der Waals surface area (Å²) >= 11 is 0. The van der Waals surface area contributed by atoms with E-state index in [1.54, 1.807) is 10.9 Å². The third-order valence-electron chi connectivity index (χ3n) is 4.30. The van der Waals surface area contributed by atoms with Gasteiger partial charge >= 0.3 is 0 Å². The molecule has 1 heterocycles. The van der Waals surface area contributed by atoms with Crippen molar-refractivity contribution in [2.24, 2.45) is 0 Å². The molecule has 134 valence electrons. The van der Waals surface area contributed by atoms with Crippen LogP contribution in [0.5, 0.6) is 0 Å². The summed E-state index contributed by atoms with van der Waals surface area (Å²) in [5.41, 5.74) is 5.85. The Hall–Kier alpha value is -2.95. The van der Waals surface area contributed by atoms with E-state index in [1.165, 1.54) is 5.56 Å². The highest BCUT2D eigenvalue weighted by Gasteiger charge is 2.12. The zero-order chi connectivity index (χ0) is 18.7. The molecule has 0 saturated carbocycles. The number of amides is 1. The van der Waals surface area contributed by atoms with Gasteiger partial charge < -0.3 is 5.32 Å². The van der Waals surface area contributed by atoms with Gasteiger partial charge in [0.25, 0.3) is 5.91 Å². The number of rotatable bonds is 5. The van der Waals surface area contributed by atoms with E-state index in [0.29, 0.717) is 18.2 Å². The van der Waals surface area contributed by atoms with Crippen LogP contribution in [0.4, 0.5) is 0 Å². The van der Waals surface area contributed by atoms with Crippen LogP contribution in [0.1, 0.15) is 52.5 Å². The van der Waals surface area contributed by atoms with Crippen LogP contribution < -0.4 is 5.32 Å². The van der Waals surface area contributed by atoms with Gasteiger partial charge in [-0.3, -0.25) is 4.79 Å². The van der Waals surface area contributed by atoms with Crippen molar-refractivity contribution < 1.29 is 4.79 Å². The molecule has 5 nitrogen and oxygen atoms in total. The molecule has 0 aliphatic heterocycles. The molecule has 3 rings (SSSR count). The van der Waals surface area contributed by atoms with Crippen LogP contribution in [0, 0.1) is 13.8 Å². The first-order valence-corrected chi connectivity index (χ1v) is 8.80. The summed E-state index contributed by atoms with van der Waals surface area (Å²) in [4.78, 5) is 12.3. The second-order valence-electron chi connectivity index (χ2n) is 6.97. The van der Waals surface area contributed by atoms with E-state index in [9.17, 15) is 4.79 Å². The van der Waals surface area contributed by atoms with Gasteiger partial charge in [-0.2, -0.15) is 0 Å². The van der Waals surface area contributed by atoms with Crippen LogP contribution in [0.25, 0.3) is 5.69 Å². The molecule has 5 heteroatoms. The quantitative estimate of drug-likeness (QED) is 0.760. The molecule has 0 aliphatic rings. The largest absolute Gasteiger partial charge is 0.347 e. The van der Waals surface area contributed by atoms with Gasteiger partial charge in [0.1, 0.15) is 0 Å². The molecule has 0 spiro atoms. The van der Waals surface area contributed by atoms with Crippen LogP contribution in [-0.4, -0.2) is 20.9 Å². The third kappa shape index (κ3) is 4.17. The number of nitrogens with one attached hydrogen (secondary N) is 1. The normalized spacial score (nSPS) is 11.0. The zero-order valence-electron chi connectivity index (χ0n) is 15.7. The zero-order valence-corrected chi connectivity index (χ0v) is 15.7. The number of aryl methyl sites for hydroxylation is 2. The Balaban J connectivity index is 1.66. The SMILES string of the molecule is Cc1cc(C)cc(-n2cc(C(=O)NCc3ccc(C(C)C)cc3)nn2)c1. The lowest BCUT2D eigenvalue weighted by Crippen LogP contribution is -2.23. The topological polar surface area (TPSA) is 59.8 Å². The van der Waals surface area contributed by atoms with E-state index in [1.807, 2.05) is 38.1 Å². The Morgan fingerprint density at radius 3 is 2.35 bits per heavy atom. The number of carbonyl (C=O) groups is 1. The maximum atomic E-state index is 12.3. The lowest BCUT2D eigenvalue weighted by molar-refractivity contribution is 0.0946. The molecule has 26 heavy (non-hydrogen) atoms. The van der Waals surface area contributed by atoms with Crippen molar-refractivity contribution in [3.8, 4) is 5.69 Å². The Bertz CT molecular complexity index is 890. The smallest absolute Gasteiger partial charge is 0.273 e. The fourth-order valence-corrected chi connectivity index (χ4v) is 2.87. The summed E-state index contributed by atoms with van der Waals surface area (Å²) in [6, 6.07) is 14.4. The van der Waals surface area contributed by atoms with Crippen molar-refractivity contribution in [3.05, 3.63) is 76.6 Å². The molecule has 1 aromatic heterocycles. The highest BCUT2D eigenvalue weighted by Crippen LogP contribution is 2.15. The van der Waals surface area contributed by atoms with E-state index < -0.39 is 0 Å². The number of carbonyl (C=O) groups excluding carboxylic acids is 1. The van der Waals surface area contributed by atoms with E-state index in [4.69, 9.17) is 0 Å². The van der Waals surface area contributed by atoms with Crippen molar-refractivity contribution in [2.75, 3.05) is 0 Å². The Kier molecular flexibility index (Phi) is 5.16. The fourth-order valence-electron chi connectivity index (χ4n) is 2.87. The van der Waals surface area contributed by atoms with Crippen LogP contribution in [0.3, 0.4) is 0 Å². The number of aromatic nitrogens is 3. The minimum Gasteiger partial charge on any atom is -0.347 e. The molecule has 0 unspecified atom stereocenters. The number of hydrogen-bond donors (Lipinski definition) is 1. The molecule has 0 saturated heterocycles. The lowest BCUT2D eigenvalue weighted by atomic mass is 10.0. The molecule has 1 N–H and O–H groups in total. The average molecular weight is 348 g/mol. The Morgan fingerprint density at radius 1 is 1.08 bits per heavy atom. The molecule has 0 fully saturated rings. The van der Waals surface area contributed by atoms with Crippen molar-refractivity contribution in [1.82, 2.24) is 20.3 Å². The maximum absolute atomic E-state index is 12.3. The Labute approximate surface area is 154 Å². The number of nitrogens with zero attached hydrogens (tertiary/aromatic N) is 3. The highest BCUT2D eigenvalue weighted by atomic mass is 16.2. The van der Waals surface area contributed by atoms with E-state index in [2.05, 4.69) is 47.7 Å². The first kappa shape index (κ1) is 17.9. The molecule has 2 aromatic carbocycles. The van der Waals surface area contributed by atoms with Gasteiger partial charge in [0.15, 0.2) is 5.69 Å². The standard InChI is InChI=1S/C21H24N4O/c1-14(2)18-7-5-17(6-8-18)12-22-21(26)20-13-25(24-23-20)19-10-15(3)9-16(4)11-19/h5-11,13-14H,12H2,1-4H3,(H,22,26). The molecule has 1 amide bonds. The minimum atomic E-state index is -0.228. The van der Waals surface area contributed by atoms with Crippen molar-refractivity contribution in [2.45, 2.75) is 40.2 Å². The molecule has 3 aromatic rings. The molecule has 0 aliphatic carbocycles. The van der Waals surface area contributed by atoms with Crippen LogP contribution >= 0.6 is 0 Å². The van der Waals surface area contributed by atoms with E-state index >= 15 is 0 Å². The minimum absolute atomic E-state index is 0.228. The first-order valence-electron chi connectivity index (χ1n) is 8.80. The maximum Gasteiger partial charge on any atom is 0.273 e. The first-order chi connectivity index (χ1) is 12.4.